The van der Waals surface area contributed by atoms with E-state index in [1.807, 2.05) is 0 Å². The molecule has 0 unspecified atom stereocenters. The van der Waals surface area contributed by atoms with E-state index in [-0.39, 0.29) is 5.57 Å². The van der Waals surface area contributed by atoms with Gasteiger partial charge in [-0.2, -0.15) is 10.5 Å². The van der Waals surface area contributed by atoms with Gasteiger partial charge in [-0.05, 0) is 6.26 Å². The first-order valence-corrected chi connectivity index (χ1v) is 3.65. The van der Waals surface area contributed by atoms with Crippen LogP contribution >= 0.6 is 11.8 Å². The largest absolute Gasteiger partial charge is 0.488 e. The maximum Gasteiger partial charge on any atom is 0.181 e. The summed E-state index contributed by atoms with van der Waals surface area (Å²) in [6.45, 7) is 0. The fraction of sp³-hybridized carbons (Fsp3) is 0.333. The molecule has 0 aliphatic carbocycles. The molecular weight excluding hydrogens is 148 g/mol. The van der Waals surface area contributed by atoms with Crippen molar-refractivity contribution in [2.75, 3.05) is 13.4 Å². The minimum absolute atomic E-state index is 0.0231. The van der Waals surface area contributed by atoms with Crippen LogP contribution in [0.1, 0.15) is 0 Å². The average Bonchev–Trinajstić information content (AvgIpc) is 2.00. The van der Waals surface area contributed by atoms with Crippen molar-refractivity contribution in [2.24, 2.45) is 0 Å². The third kappa shape index (κ3) is 2.00. The summed E-state index contributed by atoms with van der Waals surface area (Å²) in [5, 5.41) is 17.0. The second-order valence-corrected chi connectivity index (χ2v) is 2.07. The van der Waals surface area contributed by atoms with Crippen LogP contribution in [0.3, 0.4) is 0 Å². The molecule has 0 aliphatic heterocycles. The number of nitriles is 2. The lowest BCUT2D eigenvalue weighted by Crippen LogP contribution is -1.85. The molecule has 0 aliphatic rings. The van der Waals surface area contributed by atoms with Crippen molar-refractivity contribution >= 4 is 11.8 Å². The molecule has 0 N–H and O–H groups in total. The predicted molar refractivity (Wildman–Crippen MR) is 38.8 cm³/mol. The Bertz CT molecular complexity index is 199. The van der Waals surface area contributed by atoms with Gasteiger partial charge >= 0.3 is 0 Å². The fourth-order valence-corrected chi connectivity index (χ4v) is 0.866. The van der Waals surface area contributed by atoms with Crippen LogP contribution in [-0.4, -0.2) is 13.4 Å². The first kappa shape index (κ1) is 8.87. The Kier molecular flexibility index (Phi) is 4.19. The highest BCUT2D eigenvalue weighted by Crippen LogP contribution is 2.15. The maximum atomic E-state index is 8.33. The Morgan fingerprint density at radius 3 is 2.00 bits per heavy atom. The van der Waals surface area contributed by atoms with E-state index >= 15 is 0 Å². The minimum atomic E-state index is 0.0231. The quantitative estimate of drug-likeness (QED) is 0.443. The predicted octanol–water partition coefficient (Wildman–Crippen LogP) is 1.25. The molecular formula is C6H6N2OS. The molecule has 0 heterocycles. The molecule has 4 heteroatoms. The van der Waals surface area contributed by atoms with Gasteiger partial charge in [0.15, 0.2) is 10.7 Å². The monoisotopic (exact) mass is 154 g/mol. The lowest BCUT2D eigenvalue weighted by atomic mass is 10.4. The topological polar surface area (TPSA) is 56.8 Å². The van der Waals surface area contributed by atoms with Gasteiger partial charge in [0.1, 0.15) is 12.1 Å². The zero-order valence-corrected chi connectivity index (χ0v) is 6.53. The van der Waals surface area contributed by atoms with Gasteiger partial charge < -0.3 is 4.74 Å². The highest BCUT2D eigenvalue weighted by molar-refractivity contribution is 8.02. The second-order valence-electron chi connectivity index (χ2n) is 1.29. The van der Waals surface area contributed by atoms with E-state index in [1.54, 1.807) is 18.4 Å². The van der Waals surface area contributed by atoms with Gasteiger partial charge in [0, 0.05) is 0 Å². The molecule has 3 nitrogen and oxygen atoms in total. The highest BCUT2D eigenvalue weighted by atomic mass is 32.2. The van der Waals surface area contributed by atoms with Crippen molar-refractivity contribution in [1.82, 2.24) is 0 Å². The van der Waals surface area contributed by atoms with Crippen LogP contribution < -0.4 is 0 Å². The molecule has 0 radical (unpaired) electrons. The molecule has 0 spiro atoms. The molecule has 0 fully saturated rings. The molecule has 0 aromatic heterocycles. The number of thioether (sulfide) groups is 1. The number of nitrogens with zero attached hydrogens (tertiary/aromatic N) is 2. The summed E-state index contributed by atoms with van der Waals surface area (Å²) in [5.41, 5.74) is 0.0231. The first-order valence-electron chi connectivity index (χ1n) is 2.42. The molecule has 0 aromatic rings. The van der Waals surface area contributed by atoms with E-state index in [4.69, 9.17) is 15.3 Å². The Morgan fingerprint density at radius 2 is 1.90 bits per heavy atom. The fourth-order valence-electron chi connectivity index (χ4n) is 0.404. The number of allylic oxidation sites excluding steroid dienone is 1. The molecule has 0 bridgehead atoms. The van der Waals surface area contributed by atoms with Gasteiger partial charge in [-0.25, -0.2) is 0 Å². The van der Waals surface area contributed by atoms with Crippen LogP contribution in [0.15, 0.2) is 10.7 Å². The van der Waals surface area contributed by atoms with Gasteiger partial charge in [-0.3, -0.25) is 0 Å². The summed E-state index contributed by atoms with van der Waals surface area (Å²) >= 11 is 1.24. The number of rotatable bonds is 2. The standard InChI is InChI=1S/C6H6N2OS/c1-9-6(10-2)5(3-7)4-8/h1-2H3. The lowest BCUT2D eigenvalue weighted by Gasteiger charge is -1.98. The number of hydrogen-bond donors (Lipinski definition) is 0. The van der Waals surface area contributed by atoms with Crippen molar-refractivity contribution in [3.8, 4) is 12.1 Å². The zero-order valence-electron chi connectivity index (χ0n) is 5.71. The smallest absolute Gasteiger partial charge is 0.181 e. The van der Waals surface area contributed by atoms with Gasteiger partial charge in [-0.1, -0.05) is 11.8 Å². The Balaban J connectivity index is 4.62. The Hall–Kier alpha value is -1.13. The van der Waals surface area contributed by atoms with E-state index in [1.165, 1.54) is 18.9 Å². The van der Waals surface area contributed by atoms with Gasteiger partial charge in [0.25, 0.3) is 0 Å². The first-order chi connectivity index (χ1) is 4.79. The highest BCUT2D eigenvalue weighted by Gasteiger charge is 2.02. The van der Waals surface area contributed by atoms with Gasteiger partial charge in [0.05, 0.1) is 7.11 Å². The molecule has 0 saturated carbocycles. The van der Waals surface area contributed by atoms with E-state index in [2.05, 4.69) is 0 Å². The van der Waals surface area contributed by atoms with Crippen molar-refractivity contribution in [3.05, 3.63) is 10.7 Å². The maximum absolute atomic E-state index is 8.33. The summed E-state index contributed by atoms with van der Waals surface area (Å²) in [4.78, 5) is 0. The zero-order chi connectivity index (χ0) is 7.98. The second kappa shape index (κ2) is 4.72. The van der Waals surface area contributed by atoms with Crippen LogP contribution in [0.5, 0.6) is 0 Å². The number of methoxy groups -OCH3 is 1. The third-order valence-electron chi connectivity index (χ3n) is 0.799. The molecule has 0 amide bonds. The SMILES string of the molecule is COC(SC)=C(C#N)C#N. The van der Waals surface area contributed by atoms with Crippen LogP contribution in [0, 0.1) is 22.7 Å². The van der Waals surface area contributed by atoms with Crippen molar-refractivity contribution in [1.29, 1.82) is 10.5 Å². The van der Waals surface area contributed by atoms with Crippen LogP contribution in [0.4, 0.5) is 0 Å². The minimum Gasteiger partial charge on any atom is -0.488 e. The van der Waals surface area contributed by atoms with Gasteiger partial charge in [0.2, 0.25) is 0 Å². The van der Waals surface area contributed by atoms with E-state index in [0.717, 1.165) is 0 Å². The van der Waals surface area contributed by atoms with Crippen molar-refractivity contribution in [3.63, 3.8) is 0 Å². The van der Waals surface area contributed by atoms with Crippen molar-refractivity contribution < 1.29 is 4.74 Å². The Morgan fingerprint density at radius 1 is 1.40 bits per heavy atom. The summed E-state index contributed by atoms with van der Waals surface area (Å²) in [6.07, 6.45) is 1.74. The third-order valence-corrected chi connectivity index (χ3v) is 1.54. The molecule has 0 aromatic carbocycles. The summed E-state index contributed by atoms with van der Waals surface area (Å²) in [7, 11) is 1.43. The van der Waals surface area contributed by atoms with E-state index in [0.29, 0.717) is 5.09 Å². The van der Waals surface area contributed by atoms with E-state index in [9.17, 15) is 0 Å². The van der Waals surface area contributed by atoms with E-state index < -0.39 is 0 Å². The van der Waals surface area contributed by atoms with Gasteiger partial charge in [-0.15, -0.1) is 0 Å². The van der Waals surface area contributed by atoms with Crippen LogP contribution in [0.25, 0.3) is 0 Å². The van der Waals surface area contributed by atoms with Crippen LogP contribution in [0.2, 0.25) is 0 Å². The number of hydrogen-bond acceptors (Lipinski definition) is 4. The lowest BCUT2D eigenvalue weighted by molar-refractivity contribution is 0.323. The number of ether oxygens (including phenoxy) is 1. The molecule has 0 atom stereocenters. The molecule has 52 valence electrons. The average molecular weight is 154 g/mol. The van der Waals surface area contributed by atoms with Crippen molar-refractivity contribution in [2.45, 2.75) is 0 Å². The normalized spacial score (nSPS) is 7.20. The summed E-state index contributed by atoms with van der Waals surface area (Å²) in [6, 6.07) is 3.45. The molecule has 0 rings (SSSR count). The molecule has 0 saturated heterocycles. The van der Waals surface area contributed by atoms with Crippen LogP contribution in [-0.2, 0) is 4.74 Å². The molecule has 10 heavy (non-hydrogen) atoms. The summed E-state index contributed by atoms with van der Waals surface area (Å²) in [5.74, 6) is 0. The summed E-state index contributed by atoms with van der Waals surface area (Å²) < 4.78 is 4.74. The Labute approximate surface area is 63.9 Å².